The maximum atomic E-state index is 13.8. The summed E-state index contributed by atoms with van der Waals surface area (Å²) in [6.45, 7) is 2.91. The maximum Gasteiger partial charge on any atom is 0.191 e. The van der Waals surface area contributed by atoms with Crippen LogP contribution in [0.3, 0.4) is 0 Å². The molecule has 0 radical (unpaired) electrons. The maximum absolute atomic E-state index is 13.8. The second kappa shape index (κ2) is 10.2. The van der Waals surface area contributed by atoms with Gasteiger partial charge in [-0.3, -0.25) is 9.89 Å². The number of benzene rings is 2. The van der Waals surface area contributed by atoms with Gasteiger partial charge in [0.2, 0.25) is 0 Å². The number of nitrogens with one attached hydrogen (secondary N) is 2. The molecule has 0 aromatic heterocycles. The highest BCUT2D eigenvalue weighted by molar-refractivity contribution is 5.79. The molecule has 1 atom stereocenters. The van der Waals surface area contributed by atoms with Crippen molar-refractivity contribution in [2.45, 2.75) is 25.4 Å². The van der Waals surface area contributed by atoms with E-state index in [0.717, 1.165) is 31.0 Å². The summed E-state index contributed by atoms with van der Waals surface area (Å²) < 4.78 is 32.5. The zero-order chi connectivity index (χ0) is 20.6. The molecule has 156 valence electrons. The first-order valence-corrected chi connectivity index (χ1v) is 9.87. The van der Waals surface area contributed by atoms with Crippen LogP contribution in [-0.2, 0) is 6.54 Å². The fraction of sp³-hybridized carbons (Fsp3) is 0.409. The summed E-state index contributed by atoms with van der Waals surface area (Å²) in [6, 6.07) is 11.7. The molecule has 3 rings (SSSR count). The Hall–Kier alpha value is -2.67. The lowest BCUT2D eigenvalue weighted by molar-refractivity contribution is 0.245. The Balaban J connectivity index is 1.64. The average molecular weight is 402 g/mol. The Labute approximate surface area is 170 Å². The van der Waals surface area contributed by atoms with Crippen LogP contribution in [0.15, 0.2) is 47.5 Å². The second-order valence-electron chi connectivity index (χ2n) is 7.07. The first kappa shape index (κ1) is 21.0. The van der Waals surface area contributed by atoms with Gasteiger partial charge in [-0.1, -0.05) is 12.1 Å². The highest BCUT2D eigenvalue weighted by atomic mass is 19.1. The quantitative estimate of drug-likeness (QED) is 0.550. The Morgan fingerprint density at radius 2 is 1.83 bits per heavy atom. The number of hydrogen-bond acceptors (Lipinski definition) is 3. The standard InChI is InChI=1S/C22H28F2N4O/c1-25-22(26-14-17-13-18(23)7-10-20(17)24)27-15-21(28-11-3-4-12-28)16-5-8-19(29-2)9-6-16/h5-10,13,21H,3-4,11-12,14-15H2,1-2H3,(H2,25,26,27). The van der Waals surface area contributed by atoms with E-state index in [1.54, 1.807) is 14.2 Å². The second-order valence-corrected chi connectivity index (χ2v) is 7.07. The molecule has 1 aliphatic rings. The number of rotatable bonds is 7. The van der Waals surface area contributed by atoms with Crippen LogP contribution in [0.4, 0.5) is 8.78 Å². The van der Waals surface area contributed by atoms with Crippen molar-refractivity contribution in [1.29, 1.82) is 0 Å². The molecular weight excluding hydrogens is 374 g/mol. The number of aliphatic imine (C=N–C) groups is 1. The molecule has 0 bridgehead atoms. The van der Waals surface area contributed by atoms with Crippen molar-refractivity contribution < 1.29 is 13.5 Å². The van der Waals surface area contributed by atoms with E-state index in [2.05, 4.69) is 32.7 Å². The van der Waals surface area contributed by atoms with E-state index in [4.69, 9.17) is 4.74 Å². The van der Waals surface area contributed by atoms with Gasteiger partial charge < -0.3 is 15.4 Å². The minimum absolute atomic E-state index is 0.153. The molecule has 2 N–H and O–H groups in total. The number of likely N-dealkylation sites (tertiary alicyclic amines) is 1. The molecule has 5 nitrogen and oxygen atoms in total. The molecule has 1 fully saturated rings. The predicted octanol–water partition coefficient (Wildman–Crippen LogP) is 3.48. The van der Waals surface area contributed by atoms with Crippen molar-refractivity contribution in [2.75, 3.05) is 33.8 Å². The molecule has 1 saturated heterocycles. The zero-order valence-electron chi connectivity index (χ0n) is 16.9. The summed E-state index contributed by atoms with van der Waals surface area (Å²) >= 11 is 0. The van der Waals surface area contributed by atoms with Crippen LogP contribution in [-0.4, -0.2) is 44.7 Å². The fourth-order valence-electron chi connectivity index (χ4n) is 3.61. The molecule has 1 heterocycles. The van der Waals surface area contributed by atoms with Crippen molar-refractivity contribution >= 4 is 5.96 Å². The van der Waals surface area contributed by atoms with Crippen molar-refractivity contribution in [2.24, 2.45) is 4.99 Å². The summed E-state index contributed by atoms with van der Waals surface area (Å²) in [6.07, 6.45) is 2.39. The predicted molar refractivity (Wildman–Crippen MR) is 111 cm³/mol. The number of halogens is 2. The average Bonchev–Trinajstić information content (AvgIpc) is 3.27. The number of methoxy groups -OCH3 is 1. The molecular formula is C22H28F2N4O. The van der Waals surface area contributed by atoms with Crippen molar-refractivity contribution in [3.63, 3.8) is 0 Å². The van der Waals surface area contributed by atoms with E-state index in [0.29, 0.717) is 12.5 Å². The third-order valence-corrected chi connectivity index (χ3v) is 5.22. The van der Waals surface area contributed by atoms with Crippen molar-refractivity contribution in [3.05, 3.63) is 65.2 Å². The SMILES string of the molecule is CN=C(NCc1cc(F)ccc1F)NCC(c1ccc(OC)cc1)N1CCCC1. The summed E-state index contributed by atoms with van der Waals surface area (Å²) in [5, 5.41) is 6.39. The van der Waals surface area contributed by atoms with Crippen LogP contribution in [0.2, 0.25) is 0 Å². The molecule has 7 heteroatoms. The van der Waals surface area contributed by atoms with Gasteiger partial charge in [-0.15, -0.1) is 0 Å². The summed E-state index contributed by atoms with van der Waals surface area (Å²) in [7, 11) is 3.32. The van der Waals surface area contributed by atoms with Crippen LogP contribution in [0.25, 0.3) is 0 Å². The first-order valence-electron chi connectivity index (χ1n) is 9.87. The Morgan fingerprint density at radius 1 is 1.10 bits per heavy atom. The summed E-state index contributed by atoms with van der Waals surface area (Å²) in [5.41, 5.74) is 1.46. The molecule has 0 amide bonds. The molecule has 2 aromatic carbocycles. The lowest BCUT2D eigenvalue weighted by Gasteiger charge is -2.29. The topological polar surface area (TPSA) is 48.9 Å². The molecule has 2 aromatic rings. The van der Waals surface area contributed by atoms with Gasteiger partial charge >= 0.3 is 0 Å². The third-order valence-electron chi connectivity index (χ3n) is 5.22. The minimum atomic E-state index is -0.459. The normalized spacial score (nSPS) is 15.9. The zero-order valence-corrected chi connectivity index (χ0v) is 16.9. The van der Waals surface area contributed by atoms with Gasteiger partial charge in [-0.05, 0) is 61.8 Å². The van der Waals surface area contributed by atoms with Crippen LogP contribution >= 0.6 is 0 Å². The van der Waals surface area contributed by atoms with Gasteiger partial charge in [0.15, 0.2) is 5.96 Å². The molecule has 0 aliphatic carbocycles. The van der Waals surface area contributed by atoms with E-state index in [1.165, 1.54) is 24.5 Å². The summed E-state index contributed by atoms with van der Waals surface area (Å²) in [4.78, 5) is 6.67. The molecule has 0 spiro atoms. The van der Waals surface area contributed by atoms with Crippen LogP contribution in [0.1, 0.15) is 30.0 Å². The van der Waals surface area contributed by atoms with Crippen molar-refractivity contribution in [1.82, 2.24) is 15.5 Å². The number of guanidine groups is 1. The number of hydrogen-bond donors (Lipinski definition) is 2. The van der Waals surface area contributed by atoms with E-state index < -0.39 is 11.6 Å². The molecule has 0 saturated carbocycles. The number of nitrogens with zero attached hydrogens (tertiary/aromatic N) is 2. The van der Waals surface area contributed by atoms with Crippen LogP contribution in [0, 0.1) is 11.6 Å². The fourth-order valence-corrected chi connectivity index (χ4v) is 3.61. The van der Waals surface area contributed by atoms with Gasteiger partial charge in [-0.2, -0.15) is 0 Å². The monoisotopic (exact) mass is 402 g/mol. The third kappa shape index (κ3) is 5.67. The summed E-state index contributed by atoms with van der Waals surface area (Å²) in [5.74, 6) is 0.477. The lowest BCUT2D eigenvalue weighted by Crippen LogP contribution is -2.42. The first-order chi connectivity index (χ1) is 14.1. The minimum Gasteiger partial charge on any atom is -0.497 e. The lowest BCUT2D eigenvalue weighted by atomic mass is 10.1. The van der Waals surface area contributed by atoms with Gasteiger partial charge in [0.05, 0.1) is 13.2 Å². The van der Waals surface area contributed by atoms with Crippen molar-refractivity contribution in [3.8, 4) is 5.75 Å². The van der Waals surface area contributed by atoms with Gasteiger partial charge in [0.25, 0.3) is 0 Å². The highest BCUT2D eigenvalue weighted by Crippen LogP contribution is 2.26. The Kier molecular flexibility index (Phi) is 7.41. The highest BCUT2D eigenvalue weighted by Gasteiger charge is 2.23. The van der Waals surface area contributed by atoms with E-state index in [1.807, 2.05) is 12.1 Å². The molecule has 29 heavy (non-hydrogen) atoms. The molecule has 1 unspecified atom stereocenters. The molecule has 1 aliphatic heterocycles. The van der Waals surface area contributed by atoms with E-state index in [-0.39, 0.29) is 18.2 Å². The van der Waals surface area contributed by atoms with E-state index >= 15 is 0 Å². The van der Waals surface area contributed by atoms with Crippen LogP contribution in [0.5, 0.6) is 5.75 Å². The smallest absolute Gasteiger partial charge is 0.191 e. The largest absolute Gasteiger partial charge is 0.497 e. The van der Waals surface area contributed by atoms with Gasteiger partial charge in [0, 0.05) is 25.7 Å². The van der Waals surface area contributed by atoms with Gasteiger partial charge in [0.1, 0.15) is 17.4 Å². The van der Waals surface area contributed by atoms with Crippen LogP contribution < -0.4 is 15.4 Å². The van der Waals surface area contributed by atoms with Gasteiger partial charge in [-0.25, -0.2) is 8.78 Å². The number of ether oxygens (including phenoxy) is 1. The Morgan fingerprint density at radius 3 is 2.48 bits per heavy atom. The van der Waals surface area contributed by atoms with E-state index in [9.17, 15) is 8.78 Å². The Bertz CT molecular complexity index is 820.